The number of sulfone groups is 1. The highest BCUT2D eigenvalue weighted by molar-refractivity contribution is 7.90. The summed E-state index contributed by atoms with van der Waals surface area (Å²) in [5, 5.41) is 3.40. The first-order valence-corrected chi connectivity index (χ1v) is 8.44. The van der Waals surface area contributed by atoms with Crippen LogP contribution >= 0.6 is 0 Å². The molecule has 104 valence electrons. The minimum atomic E-state index is -2.82. The zero-order valence-corrected chi connectivity index (χ0v) is 12.5. The zero-order valence-electron chi connectivity index (χ0n) is 11.7. The quantitative estimate of drug-likeness (QED) is 0.598. The molecule has 0 aliphatic heterocycles. The molecule has 0 saturated heterocycles. The van der Waals surface area contributed by atoms with Gasteiger partial charge < -0.3 is 10.2 Å². The molecule has 0 saturated carbocycles. The van der Waals surface area contributed by atoms with E-state index >= 15 is 0 Å². The maximum Gasteiger partial charge on any atom is 0.148 e. The smallest absolute Gasteiger partial charge is 0.148 e. The van der Waals surface area contributed by atoms with Gasteiger partial charge in [-0.2, -0.15) is 0 Å². The predicted molar refractivity (Wildman–Crippen MR) is 74.1 cm³/mol. The lowest BCUT2D eigenvalue weighted by molar-refractivity contribution is 0.342. The third-order valence-electron chi connectivity index (χ3n) is 2.54. The molecule has 0 spiro atoms. The summed E-state index contributed by atoms with van der Waals surface area (Å²) in [7, 11) is -0.843. The van der Waals surface area contributed by atoms with Crippen LogP contribution in [0.1, 0.15) is 26.7 Å². The summed E-state index contributed by atoms with van der Waals surface area (Å²) < 4.78 is 22.0. The van der Waals surface area contributed by atoms with Gasteiger partial charge in [0.05, 0.1) is 5.75 Å². The standard InChI is InChI=1S/C12H28N2O2S/c1-12(2)11-13-7-5-6-8-14(3)9-10-17(4,15)16/h12-13H,5-11H2,1-4H3. The summed E-state index contributed by atoms with van der Waals surface area (Å²) in [5.74, 6) is 0.960. The van der Waals surface area contributed by atoms with Gasteiger partial charge in [-0.3, -0.25) is 0 Å². The van der Waals surface area contributed by atoms with Crippen molar-refractivity contribution in [2.75, 3.05) is 45.2 Å². The lowest BCUT2D eigenvalue weighted by Gasteiger charge is -2.15. The lowest BCUT2D eigenvalue weighted by atomic mass is 10.2. The first-order chi connectivity index (χ1) is 7.81. The second-order valence-electron chi connectivity index (χ2n) is 5.24. The molecule has 0 heterocycles. The fourth-order valence-electron chi connectivity index (χ4n) is 1.46. The van der Waals surface area contributed by atoms with Crippen molar-refractivity contribution >= 4 is 9.84 Å². The molecule has 0 bridgehead atoms. The molecule has 0 fully saturated rings. The van der Waals surface area contributed by atoms with Crippen LogP contribution in [0.3, 0.4) is 0 Å². The van der Waals surface area contributed by atoms with Crippen molar-refractivity contribution in [2.45, 2.75) is 26.7 Å². The predicted octanol–water partition coefficient (Wildman–Crippen LogP) is 0.989. The summed E-state index contributed by atoms with van der Waals surface area (Å²) in [5.41, 5.74) is 0. The first kappa shape index (κ1) is 16.9. The highest BCUT2D eigenvalue weighted by Gasteiger charge is 2.04. The number of hydrogen-bond acceptors (Lipinski definition) is 4. The largest absolute Gasteiger partial charge is 0.316 e. The van der Waals surface area contributed by atoms with E-state index in [1.807, 2.05) is 7.05 Å². The molecule has 0 aromatic carbocycles. The summed E-state index contributed by atoms with van der Waals surface area (Å²) in [4.78, 5) is 2.09. The van der Waals surface area contributed by atoms with E-state index in [2.05, 4.69) is 24.1 Å². The maximum atomic E-state index is 11.0. The number of nitrogens with one attached hydrogen (secondary N) is 1. The van der Waals surface area contributed by atoms with Gasteiger partial charge in [0, 0.05) is 12.8 Å². The van der Waals surface area contributed by atoms with E-state index in [0.717, 1.165) is 32.5 Å². The Kier molecular flexibility index (Phi) is 8.82. The fraction of sp³-hybridized carbons (Fsp3) is 1.00. The molecular weight excluding hydrogens is 236 g/mol. The normalized spacial score (nSPS) is 12.6. The van der Waals surface area contributed by atoms with Crippen molar-refractivity contribution in [3.63, 3.8) is 0 Å². The van der Waals surface area contributed by atoms with Gasteiger partial charge in [0.25, 0.3) is 0 Å². The van der Waals surface area contributed by atoms with E-state index in [1.165, 1.54) is 6.26 Å². The molecule has 0 unspecified atom stereocenters. The third kappa shape index (κ3) is 13.8. The second kappa shape index (κ2) is 8.89. The molecule has 0 radical (unpaired) electrons. The van der Waals surface area contributed by atoms with Gasteiger partial charge in [-0.15, -0.1) is 0 Å². The summed E-state index contributed by atoms with van der Waals surface area (Å²) >= 11 is 0. The molecule has 0 rings (SSSR count). The molecule has 5 heteroatoms. The first-order valence-electron chi connectivity index (χ1n) is 6.38. The highest BCUT2D eigenvalue weighted by atomic mass is 32.2. The number of hydrogen-bond donors (Lipinski definition) is 1. The van der Waals surface area contributed by atoms with Gasteiger partial charge >= 0.3 is 0 Å². The van der Waals surface area contributed by atoms with Crippen LogP contribution in [0.2, 0.25) is 0 Å². The summed E-state index contributed by atoms with van der Waals surface area (Å²) in [6.07, 6.45) is 3.55. The lowest BCUT2D eigenvalue weighted by Crippen LogP contribution is -2.27. The average molecular weight is 264 g/mol. The molecular formula is C12H28N2O2S. The van der Waals surface area contributed by atoms with Gasteiger partial charge in [0.2, 0.25) is 0 Å². The Hall–Kier alpha value is -0.130. The Labute approximate surface area is 107 Å². The Balaban J connectivity index is 3.36. The molecule has 4 nitrogen and oxygen atoms in total. The minimum Gasteiger partial charge on any atom is -0.316 e. The van der Waals surface area contributed by atoms with Gasteiger partial charge in [-0.25, -0.2) is 8.42 Å². The molecule has 0 aromatic rings. The van der Waals surface area contributed by atoms with Crippen LogP contribution in [-0.2, 0) is 9.84 Å². The van der Waals surface area contributed by atoms with Crippen molar-refractivity contribution in [1.82, 2.24) is 10.2 Å². The molecule has 17 heavy (non-hydrogen) atoms. The van der Waals surface area contributed by atoms with E-state index in [4.69, 9.17) is 0 Å². The van der Waals surface area contributed by atoms with E-state index in [9.17, 15) is 8.42 Å². The van der Waals surface area contributed by atoms with E-state index in [1.54, 1.807) is 0 Å². The highest BCUT2D eigenvalue weighted by Crippen LogP contribution is 1.94. The average Bonchev–Trinajstić information content (AvgIpc) is 2.19. The molecule has 1 N–H and O–H groups in total. The van der Waals surface area contributed by atoms with Crippen molar-refractivity contribution < 1.29 is 8.42 Å². The van der Waals surface area contributed by atoms with Gasteiger partial charge in [-0.1, -0.05) is 13.8 Å². The van der Waals surface area contributed by atoms with Crippen LogP contribution in [-0.4, -0.2) is 58.6 Å². The van der Waals surface area contributed by atoms with Gasteiger partial charge in [0.15, 0.2) is 0 Å². The molecule has 0 aliphatic carbocycles. The number of nitrogens with zero attached hydrogens (tertiary/aromatic N) is 1. The van der Waals surface area contributed by atoms with Crippen molar-refractivity contribution in [1.29, 1.82) is 0 Å². The topological polar surface area (TPSA) is 49.4 Å². The molecule has 0 atom stereocenters. The van der Waals surface area contributed by atoms with Crippen LogP contribution in [0.25, 0.3) is 0 Å². The second-order valence-corrected chi connectivity index (χ2v) is 7.50. The van der Waals surface area contributed by atoms with Gasteiger partial charge in [0.1, 0.15) is 9.84 Å². The fourth-order valence-corrected chi connectivity index (χ4v) is 2.10. The Morgan fingerprint density at radius 2 is 1.82 bits per heavy atom. The van der Waals surface area contributed by atoms with Crippen LogP contribution in [0.4, 0.5) is 0 Å². The molecule has 0 aliphatic rings. The van der Waals surface area contributed by atoms with E-state index < -0.39 is 9.84 Å². The molecule has 0 amide bonds. The van der Waals surface area contributed by atoms with Gasteiger partial charge in [-0.05, 0) is 45.4 Å². The van der Waals surface area contributed by atoms with Crippen LogP contribution in [0.5, 0.6) is 0 Å². The van der Waals surface area contributed by atoms with Crippen LogP contribution in [0, 0.1) is 5.92 Å². The number of unbranched alkanes of at least 4 members (excludes halogenated alkanes) is 1. The van der Waals surface area contributed by atoms with Crippen molar-refractivity contribution in [3.05, 3.63) is 0 Å². The van der Waals surface area contributed by atoms with Crippen LogP contribution < -0.4 is 5.32 Å². The zero-order chi connectivity index (χ0) is 13.3. The number of rotatable bonds is 10. The minimum absolute atomic E-state index is 0.259. The molecule has 0 aromatic heterocycles. The Morgan fingerprint density at radius 1 is 1.18 bits per heavy atom. The summed E-state index contributed by atoms with van der Waals surface area (Å²) in [6.45, 7) is 8.14. The Morgan fingerprint density at radius 3 is 2.35 bits per heavy atom. The maximum absolute atomic E-state index is 11.0. The summed E-state index contributed by atoms with van der Waals surface area (Å²) in [6, 6.07) is 0. The van der Waals surface area contributed by atoms with Crippen molar-refractivity contribution in [2.24, 2.45) is 5.92 Å². The van der Waals surface area contributed by atoms with Crippen molar-refractivity contribution in [3.8, 4) is 0 Å². The van der Waals surface area contributed by atoms with Crippen LogP contribution in [0.15, 0.2) is 0 Å². The monoisotopic (exact) mass is 264 g/mol. The SMILES string of the molecule is CC(C)CNCCCCN(C)CCS(C)(=O)=O. The third-order valence-corrected chi connectivity index (χ3v) is 3.46. The van der Waals surface area contributed by atoms with E-state index in [-0.39, 0.29) is 5.75 Å². The van der Waals surface area contributed by atoms with E-state index in [0.29, 0.717) is 12.5 Å². The Bertz CT molecular complexity index is 276.